The van der Waals surface area contributed by atoms with Gasteiger partial charge in [0.05, 0.1) is 6.42 Å². The van der Waals surface area contributed by atoms with Gasteiger partial charge in [0.2, 0.25) is 5.91 Å². The lowest BCUT2D eigenvalue weighted by Gasteiger charge is -2.03. The molecule has 1 aromatic rings. The van der Waals surface area contributed by atoms with Gasteiger partial charge in [-0.3, -0.25) is 4.79 Å². The third-order valence-electron chi connectivity index (χ3n) is 3.22. The summed E-state index contributed by atoms with van der Waals surface area (Å²) >= 11 is 0. The molecule has 2 nitrogen and oxygen atoms in total. The van der Waals surface area contributed by atoms with Gasteiger partial charge in [-0.05, 0) is 24.0 Å². The predicted molar refractivity (Wildman–Crippen MR) is 76.4 cm³/mol. The zero-order valence-electron chi connectivity index (χ0n) is 11.5. The molecule has 0 radical (unpaired) electrons. The van der Waals surface area contributed by atoms with E-state index in [9.17, 15) is 4.79 Å². The Balaban J connectivity index is 2.20. The summed E-state index contributed by atoms with van der Waals surface area (Å²) in [6, 6.07) is 8.25. The van der Waals surface area contributed by atoms with Crippen LogP contribution in [0.5, 0.6) is 0 Å². The first-order valence-electron chi connectivity index (χ1n) is 7.08. The van der Waals surface area contributed by atoms with Crippen LogP contribution in [0, 0.1) is 0 Å². The molecule has 1 aromatic carbocycles. The number of carbonyl (C=O) groups is 1. The molecule has 1 rings (SSSR count). The molecule has 0 saturated carbocycles. The molecule has 0 atom stereocenters. The molecule has 0 saturated heterocycles. The normalized spacial score (nSPS) is 10.5. The van der Waals surface area contributed by atoms with Crippen LogP contribution >= 0.6 is 0 Å². The van der Waals surface area contributed by atoms with Gasteiger partial charge >= 0.3 is 0 Å². The number of benzene rings is 1. The lowest BCUT2D eigenvalue weighted by Crippen LogP contribution is -2.13. The van der Waals surface area contributed by atoms with Gasteiger partial charge in [-0.1, -0.05) is 63.3 Å². The molecule has 0 heterocycles. The molecule has 2 N–H and O–H groups in total. The average molecular weight is 247 g/mol. The van der Waals surface area contributed by atoms with E-state index >= 15 is 0 Å². The van der Waals surface area contributed by atoms with Crippen molar-refractivity contribution < 1.29 is 4.79 Å². The molecular weight excluding hydrogens is 222 g/mol. The van der Waals surface area contributed by atoms with E-state index in [1.54, 1.807) is 0 Å². The number of amides is 1. The van der Waals surface area contributed by atoms with E-state index in [0.717, 1.165) is 12.0 Å². The smallest absolute Gasteiger partial charge is 0.221 e. The molecule has 0 spiro atoms. The number of carbonyl (C=O) groups excluding carboxylic acids is 1. The third kappa shape index (κ3) is 6.43. The number of primary amides is 1. The van der Waals surface area contributed by atoms with Gasteiger partial charge in [0.15, 0.2) is 0 Å². The SMILES string of the molecule is CCCCCCCCc1ccc(CC(N)=O)cc1. The first kappa shape index (κ1) is 14.7. The summed E-state index contributed by atoms with van der Waals surface area (Å²) < 4.78 is 0. The number of unbranched alkanes of at least 4 members (excludes halogenated alkanes) is 5. The van der Waals surface area contributed by atoms with Crippen molar-refractivity contribution in [2.24, 2.45) is 5.73 Å². The summed E-state index contributed by atoms with van der Waals surface area (Å²) in [6.45, 7) is 2.24. The second-order valence-electron chi connectivity index (χ2n) is 4.98. The summed E-state index contributed by atoms with van der Waals surface area (Å²) in [6.07, 6.45) is 9.47. The standard InChI is InChI=1S/C16H25NO/c1-2-3-4-5-6-7-8-14-9-11-15(12-10-14)13-16(17)18/h9-12H,2-8,13H2,1H3,(H2,17,18). The maximum atomic E-state index is 10.8. The maximum absolute atomic E-state index is 10.8. The zero-order chi connectivity index (χ0) is 13.2. The van der Waals surface area contributed by atoms with Crippen LogP contribution in [0.3, 0.4) is 0 Å². The van der Waals surface area contributed by atoms with Gasteiger partial charge in [-0.2, -0.15) is 0 Å². The van der Waals surface area contributed by atoms with Crippen molar-refractivity contribution in [3.63, 3.8) is 0 Å². The highest BCUT2D eigenvalue weighted by atomic mass is 16.1. The summed E-state index contributed by atoms with van der Waals surface area (Å²) in [5.74, 6) is -0.265. The van der Waals surface area contributed by atoms with Crippen molar-refractivity contribution in [2.45, 2.75) is 58.3 Å². The quantitative estimate of drug-likeness (QED) is 0.665. The lowest BCUT2D eigenvalue weighted by atomic mass is 10.0. The minimum atomic E-state index is -0.265. The van der Waals surface area contributed by atoms with Crippen LogP contribution in [-0.4, -0.2) is 5.91 Å². The minimum Gasteiger partial charge on any atom is -0.369 e. The number of hydrogen-bond acceptors (Lipinski definition) is 1. The molecule has 0 bridgehead atoms. The van der Waals surface area contributed by atoms with E-state index in [1.165, 1.54) is 44.1 Å². The van der Waals surface area contributed by atoms with Crippen molar-refractivity contribution >= 4 is 5.91 Å². The zero-order valence-corrected chi connectivity index (χ0v) is 11.5. The molecule has 18 heavy (non-hydrogen) atoms. The van der Waals surface area contributed by atoms with E-state index < -0.39 is 0 Å². The van der Waals surface area contributed by atoms with Crippen molar-refractivity contribution in [2.75, 3.05) is 0 Å². The Kier molecular flexibility index (Phi) is 7.16. The highest BCUT2D eigenvalue weighted by molar-refractivity contribution is 5.76. The molecule has 0 aliphatic heterocycles. The summed E-state index contributed by atoms with van der Waals surface area (Å²) in [5.41, 5.74) is 7.53. The first-order valence-corrected chi connectivity index (χ1v) is 7.08. The number of aryl methyl sites for hydroxylation is 1. The number of hydrogen-bond donors (Lipinski definition) is 1. The van der Waals surface area contributed by atoms with E-state index in [4.69, 9.17) is 5.73 Å². The van der Waals surface area contributed by atoms with Gasteiger partial charge < -0.3 is 5.73 Å². The molecule has 100 valence electrons. The summed E-state index contributed by atoms with van der Waals surface area (Å²) in [7, 11) is 0. The Bertz CT molecular complexity index is 343. The van der Waals surface area contributed by atoms with Crippen molar-refractivity contribution in [3.05, 3.63) is 35.4 Å². The Labute approximate surface area is 111 Å². The van der Waals surface area contributed by atoms with Gasteiger partial charge in [-0.15, -0.1) is 0 Å². The molecule has 0 aliphatic rings. The Hall–Kier alpha value is -1.31. The Morgan fingerprint density at radius 2 is 1.50 bits per heavy atom. The first-order chi connectivity index (χ1) is 8.72. The minimum absolute atomic E-state index is 0.265. The van der Waals surface area contributed by atoms with Crippen LogP contribution in [0.15, 0.2) is 24.3 Å². The van der Waals surface area contributed by atoms with E-state index in [2.05, 4.69) is 19.1 Å². The molecule has 0 unspecified atom stereocenters. The lowest BCUT2D eigenvalue weighted by molar-refractivity contribution is -0.117. The third-order valence-corrected chi connectivity index (χ3v) is 3.22. The molecule has 1 amide bonds. The van der Waals surface area contributed by atoms with E-state index in [1.807, 2.05) is 12.1 Å². The Morgan fingerprint density at radius 1 is 0.944 bits per heavy atom. The predicted octanol–water partition coefficient (Wildman–Crippen LogP) is 3.62. The number of rotatable bonds is 9. The van der Waals surface area contributed by atoms with Crippen molar-refractivity contribution in [3.8, 4) is 0 Å². The average Bonchev–Trinajstić information content (AvgIpc) is 2.35. The van der Waals surface area contributed by atoms with Gasteiger partial charge in [0.1, 0.15) is 0 Å². The van der Waals surface area contributed by atoms with Crippen LogP contribution < -0.4 is 5.73 Å². The fraction of sp³-hybridized carbons (Fsp3) is 0.562. The second kappa shape index (κ2) is 8.73. The topological polar surface area (TPSA) is 43.1 Å². The molecule has 0 aliphatic carbocycles. The van der Waals surface area contributed by atoms with Crippen LogP contribution in [0.25, 0.3) is 0 Å². The molecule has 2 heteroatoms. The van der Waals surface area contributed by atoms with Crippen LogP contribution in [0.1, 0.15) is 56.6 Å². The fourth-order valence-electron chi connectivity index (χ4n) is 2.13. The fourth-order valence-corrected chi connectivity index (χ4v) is 2.13. The molecule has 0 aromatic heterocycles. The molecule has 0 fully saturated rings. The van der Waals surface area contributed by atoms with Crippen LogP contribution in [0.4, 0.5) is 0 Å². The number of nitrogens with two attached hydrogens (primary N) is 1. The van der Waals surface area contributed by atoms with E-state index in [0.29, 0.717) is 6.42 Å². The van der Waals surface area contributed by atoms with Crippen molar-refractivity contribution in [1.29, 1.82) is 0 Å². The van der Waals surface area contributed by atoms with Gasteiger partial charge in [0, 0.05) is 0 Å². The maximum Gasteiger partial charge on any atom is 0.221 e. The van der Waals surface area contributed by atoms with Crippen molar-refractivity contribution in [1.82, 2.24) is 0 Å². The van der Waals surface area contributed by atoms with Crippen LogP contribution in [-0.2, 0) is 17.6 Å². The summed E-state index contributed by atoms with van der Waals surface area (Å²) in [4.78, 5) is 10.8. The largest absolute Gasteiger partial charge is 0.369 e. The second-order valence-corrected chi connectivity index (χ2v) is 4.98. The Morgan fingerprint density at radius 3 is 2.11 bits per heavy atom. The summed E-state index contributed by atoms with van der Waals surface area (Å²) in [5, 5.41) is 0. The van der Waals surface area contributed by atoms with Crippen LogP contribution in [0.2, 0.25) is 0 Å². The van der Waals surface area contributed by atoms with E-state index in [-0.39, 0.29) is 5.91 Å². The molecular formula is C16H25NO. The monoisotopic (exact) mass is 247 g/mol. The van der Waals surface area contributed by atoms with Gasteiger partial charge in [0.25, 0.3) is 0 Å². The van der Waals surface area contributed by atoms with Gasteiger partial charge in [-0.25, -0.2) is 0 Å². The highest BCUT2D eigenvalue weighted by Crippen LogP contribution is 2.11. The highest BCUT2D eigenvalue weighted by Gasteiger charge is 1.99.